The van der Waals surface area contributed by atoms with E-state index in [0.29, 0.717) is 10.2 Å². The van der Waals surface area contributed by atoms with Gasteiger partial charge in [-0.05, 0) is 56.3 Å². The Kier molecular flexibility index (Phi) is 5.47. The summed E-state index contributed by atoms with van der Waals surface area (Å²) < 4.78 is 15.2. The molecule has 0 aliphatic rings. The van der Waals surface area contributed by atoms with Gasteiger partial charge in [-0.3, -0.25) is 5.43 Å². The van der Waals surface area contributed by atoms with Crippen LogP contribution < -0.4 is 5.43 Å². The van der Waals surface area contributed by atoms with Crippen molar-refractivity contribution in [2.45, 2.75) is 13.8 Å². The van der Waals surface area contributed by atoms with E-state index in [9.17, 15) is 4.39 Å². The third-order valence-corrected chi connectivity index (χ3v) is 5.64. The van der Waals surface area contributed by atoms with Crippen LogP contribution in [-0.4, -0.2) is 15.8 Å². The van der Waals surface area contributed by atoms with Crippen molar-refractivity contribution in [3.63, 3.8) is 0 Å². The lowest BCUT2D eigenvalue weighted by Gasteiger charge is -2.11. The summed E-state index contributed by atoms with van der Waals surface area (Å²) in [5.74, 6) is -0.263. The Labute approximate surface area is 177 Å². The van der Waals surface area contributed by atoms with Crippen LogP contribution in [0.25, 0.3) is 16.9 Å². The third kappa shape index (κ3) is 4.09. The van der Waals surface area contributed by atoms with Crippen molar-refractivity contribution in [3.05, 3.63) is 87.8 Å². The molecule has 0 saturated heterocycles. The molecule has 146 valence electrons. The number of aryl methyl sites for hydroxylation is 1. The molecule has 0 aliphatic heterocycles. The molecular formula is C22H18ClFN4S. The number of benzene rings is 2. The van der Waals surface area contributed by atoms with E-state index < -0.39 is 0 Å². The van der Waals surface area contributed by atoms with Crippen LogP contribution in [0.4, 0.5) is 9.52 Å². The van der Waals surface area contributed by atoms with Gasteiger partial charge in [0, 0.05) is 27.9 Å². The average molecular weight is 425 g/mol. The molecule has 4 aromatic rings. The monoisotopic (exact) mass is 424 g/mol. The fourth-order valence-electron chi connectivity index (χ4n) is 3.16. The molecule has 2 aromatic carbocycles. The quantitative estimate of drug-likeness (QED) is 0.295. The van der Waals surface area contributed by atoms with Crippen LogP contribution in [0, 0.1) is 19.7 Å². The topological polar surface area (TPSA) is 42.2 Å². The van der Waals surface area contributed by atoms with Crippen LogP contribution in [0.2, 0.25) is 5.02 Å². The second-order valence-electron chi connectivity index (χ2n) is 6.53. The Balaban J connectivity index is 1.52. The number of anilines is 1. The van der Waals surface area contributed by atoms with E-state index in [2.05, 4.69) is 26.1 Å². The number of nitrogens with zero attached hydrogens (tertiary/aromatic N) is 3. The van der Waals surface area contributed by atoms with E-state index in [1.54, 1.807) is 18.3 Å². The summed E-state index contributed by atoms with van der Waals surface area (Å²) in [4.78, 5) is 4.49. The van der Waals surface area contributed by atoms with E-state index in [1.807, 2.05) is 43.5 Å². The Bertz CT molecular complexity index is 1180. The molecule has 0 saturated carbocycles. The van der Waals surface area contributed by atoms with Gasteiger partial charge in [0.15, 0.2) is 0 Å². The van der Waals surface area contributed by atoms with Gasteiger partial charge in [0.2, 0.25) is 5.13 Å². The lowest BCUT2D eigenvalue weighted by Crippen LogP contribution is -2.00. The van der Waals surface area contributed by atoms with Gasteiger partial charge >= 0.3 is 0 Å². The Morgan fingerprint density at radius 2 is 1.90 bits per heavy atom. The number of rotatable bonds is 5. The lowest BCUT2D eigenvalue weighted by atomic mass is 10.2. The maximum Gasteiger partial charge on any atom is 0.203 e. The Morgan fingerprint density at radius 3 is 2.66 bits per heavy atom. The second-order valence-corrected chi connectivity index (χ2v) is 7.79. The molecule has 2 heterocycles. The molecule has 7 heteroatoms. The predicted octanol–water partition coefficient (Wildman–Crippen LogP) is 6.46. The van der Waals surface area contributed by atoms with E-state index in [1.165, 1.54) is 23.5 Å². The number of hydrogen-bond acceptors (Lipinski definition) is 4. The molecule has 0 fully saturated rings. The van der Waals surface area contributed by atoms with Gasteiger partial charge in [-0.25, -0.2) is 9.37 Å². The van der Waals surface area contributed by atoms with Gasteiger partial charge < -0.3 is 4.57 Å². The summed E-state index contributed by atoms with van der Waals surface area (Å²) in [6.07, 6.45) is 1.77. The van der Waals surface area contributed by atoms with Gasteiger partial charge in [0.1, 0.15) is 5.82 Å². The fourth-order valence-corrected chi connectivity index (χ4v) is 4.05. The first-order valence-corrected chi connectivity index (χ1v) is 10.2. The largest absolute Gasteiger partial charge is 0.316 e. The van der Waals surface area contributed by atoms with Crippen molar-refractivity contribution < 1.29 is 4.39 Å². The summed E-state index contributed by atoms with van der Waals surface area (Å²) in [6.45, 7) is 4.07. The van der Waals surface area contributed by atoms with Crippen LogP contribution >= 0.6 is 22.9 Å². The summed E-state index contributed by atoms with van der Waals surface area (Å²) in [5, 5.41) is 7.61. The van der Waals surface area contributed by atoms with Gasteiger partial charge in [-0.15, -0.1) is 11.3 Å². The Morgan fingerprint density at radius 1 is 1.14 bits per heavy atom. The van der Waals surface area contributed by atoms with Crippen LogP contribution in [0.15, 0.2) is 65.1 Å². The molecule has 0 amide bonds. The summed E-state index contributed by atoms with van der Waals surface area (Å²) >= 11 is 7.81. The first-order chi connectivity index (χ1) is 14.0. The molecule has 4 rings (SSSR count). The number of hydrazone groups is 1. The normalized spacial score (nSPS) is 11.3. The van der Waals surface area contributed by atoms with Gasteiger partial charge in [-0.1, -0.05) is 23.7 Å². The van der Waals surface area contributed by atoms with Crippen molar-refractivity contribution in [2.24, 2.45) is 5.10 Å². The summed E-state index contributed by atoms with van der Waals surface area (Å²) in [6, 6.07) is 16.1. The number of thiazole rings is 1. The minimum atomic E-state index is -0.263. The third-order valence-electron chi connectivity index (χ3n) is 4.57. The molecular weight excluding hydrogens is 407 g/mol. The molecule has 0 bridgehead atoms. The molecule has 29 heavy (non-hydrogen) atoms. The van der Waals surface area contributed by atoms with Gasteiger partial charge in [-0.2, -0.15) is 5.10 Å². The highest BCUT2D eigenvalue weighted by atomic mass is 35.5. The van der Waals surface area contributed by atoms with E-state index in [4.69, 9.17) is 11.6 Å². The van der Waals surface area contributed by atoms with Crippen LogP contribution in [0.3, 0.4) is 0 Å². The molecule has 2 aromatic heterocycles. The predicted molar refractivity (Wildman–Crippen MR) is 119 cm³/mol. The molecule has 0 spiro atoms. The maximum absolute atomic E-state index is 13.1. The number of hydrogen-bond donors (Lipinski definition) is 1. The first kappa shape index (κ1) is 19.4. The van der Waals surface area contributed by atoms with Gasteiger partial charge in [0.05, 0.1) is 22.6 Å². The van der Waals surface area contributed by atoms with Crippen molar-refractivity contribution >= 4 is 34.3 Å². The molecule has 0 radical (unpaired) electrons. The van der Waals surface area contributed by atoms with Crippen molar-refractivity contribution in [1.29, 1.82) is 0 Å². The summed E-state index contributed by atoms with van der Waals surface area (Å²) in [7, 11) is 0. The second kappa shape index (κ2) is 8.19. The van der Waals surface area contributed by atoms with Crippen LogP contribution in [0.5, 0.6) is 0 Å². The highest BCUT2D eigenvalue weighted by Crippen LogP contribution is 2.27. The maximum atomic E-state index is 13.1. The number of aromatic nitrogens is 2. The zero-order valence-electron chi connectivity index (χ0n) is 15.9. The molecule has 4 nitrogen and oxygen atoms in total. The highest BCUT2D eigenvalue weighted by Gasteiger charge is 2.11. The minimum absolute atomic E-state index is 0.263. The van der Waals surface area contributed by atoms with Crippen LogP contribution in [-0.2, 0) is 0 Å². The van der Waals surface area contributed by atoms with Crippen molar-refractivity contribution in [3.8, 4) is 16.9 Å². The molecule has 0 unspecified atom stereocenters. The number of nitrogens with one attached hydrogen (secondary N) is 1. The van der Waals surface area contributed by atoms with E-state index >= 15 is 0 Å². The smallest absolute Gasteiger partial charge is 0.203 e. The molecule has 0 atom stereocenters. The SMILES string of the molecule is Cc1cc(/C=N\Nc2nc(-c3ccc(F)cc3)cs2)c(C)n1-c1ccccc1Cl. The zero-order valence-corrected chi connectivity index (χ0v) is 17.4. The van der Waals surface area contributed by atoms with E-state index in [0.717, 1.165) is 33.9 Å². The highest BCUT2D eigenvalue weighted by molar-refractivity contribution is 7.14. The van der Waals surface area contributed by atoms with Crippen molar-refractivity contribution in [1.82, 2.24) is 9.55 Å². The van der Waals surface area contributed by atoms with Crippen LogP contribution in [0.1, 0.15) is 17.0 Å². The first-order valence-electron chi connectivity index (χ1n) is 8.97. The average Bonchev–Trinajstić information content (AvgIpc) is 3.28. The molecule has 1 N–H and O–H groups in total. The number of para-hydroxylation sites is 1. The van der Waals surface area contributed by atoms with Crippen molar-refractivity contribution in [2.75, 3.05) is 5.43 Å². The standard InChI is InChI=1S/C22H18ClFN4S/c1-14-11-17(15(2)28(14)21-6-4-3-5-19(21)23)12-25-27-22-26-20(13-29-22)16-7-9-18(24)10-8-16/h3-13H,1-2H3,(H,26,27)/b25-12-. The summed E-state index contributed by atoms with van der Waals surface area (Å²) in [5.41, 5.74) is 8.67. The number of halogens is 2. The fraction of sp³-hybridized carbons (Fsp3) is 0.0909. The zero-order chi connectivity index (χ0) is 20.4. The Hall–Kier alpha value is -2.96. The minimum Gasteiger partial charge on any atom is -0.316 e. The van der Waals surface area contributed by atoms with Gasteiger partial charge in [0.25, 0.3) is 0 Å². The van der Waals surface area contributed by atoms with E-state index in [-0.39, 0.29) is 5.82 Å². The lowest BCUT2D eigenvalue weighted by molar-refractivity contribution is 0.628. The molecule has 0 aliphatic carbocycles.